The fourth-order valence-corrected chi connectivity index (χ4v) is 4.25. The first kappa shape index (κ1) is 14.9. The molecule has 4 heteroatoms. The molecule has 4 atom stereocenters. The summed E-state index contributed by atoms with van der Waals surface area (Å²) in [4.78, 5) is 13.1. The number of fused-ring (bicyclic) bond motifs is 2. The molecular weight excluding hydrogens is 302 g/mol. The van der Waals surface area contributed by atoms with E-state index in [9.17, 15) is 10.0 Å². The molecule has 0 spiro atoms. The highest BCUT2D eigenvalue weighted by Gasteiger charge is 2.50. The fraction of sp³-hybridized carbons (Fsp3) is 0.300. The molecule has 0 N–H and O–H groups in total. The van der Waals surface area contributed by atoms with Crippen LogP contribution >= 0.6 is 0 Å². The lowest BCUT2D eigenvalue weighted by atomic mass is 9.75. The van der Waals surface area contributed by atoms with E-state index < -0.39 is 0 Å². The number of pyridine rings is 1. The van der Waals surface area contributed by atoms with Crippen LogP contribution in [0.5, 0.6) is 5.75 Å². The molecule has 2 bridgehead atoms. The van der Waals surface area contributed by atoms with E-state index in [1.807, 2.05) is 24.3 Å². The zero-order valence-electron chi connectivity index (χ0n) is 13.5. The van der Waals surface area contributed by atoms with Crippen LogP contribution in [-0.2, 0) is 0 Å². The predicted molar refractivity (Wildman–Crippen MR) is 89.7 cm³/mol. The smallest absolute Gasteiger partial charge is 0.260 e. The molecule has 1 aromatic carbocycles. The van der Waals surface area contributed by atoms with E-state index in [4.69, 9.17) is 4.74 Å². The number of methoxy groups -OCH3 is 1. The molecule has 122 valence electrons. The molecule has 0 radical (unpaired) electrons. The van der Waals surface area contributed by atoms with E-state index in [0.717, 1.165) is 17.7 Å². The van der Waals surface area contributed by atoms with E-state index in [1.165, 1.54) is 6.20 Å². The van der Waals surface area contributed by atoms with Crippen LogP contribution in [0.2, 0.25) is 0 Å². The Bertz CT molecular complexity index is 797. The number of carbonyl (C=O) groups is 1. The van der Waals surface area contributed by atoms with Gasteiger partial charge in [-0.1, -0.05) is 24.3 Å². The second-order valence-electron chi connectivity index (χ2n) is 6.55. The minimum atomic E-state index is -0.170. The van der Waals surface area contributed by atoms with Gasteiger partial charge in [-0.25, -0.2) is 0 Å². The van der Waals surface area contributed by atoms with Gasteiger partial charge in [-0.05, 0) is 42.0 Å². The molecular formula is C20H19NO3. The predicted octanol–water partition coefficient (Wildman–Crippen LogP) is 3.12. The minimum Gasteiger partial charge on any atom is -0.618 e. The molecule has 1 saturated carbocycles. The third kappa shape index (κ3) is 2.30. The Morgan fingerprint density at radius 1 is 1.12 bits per heavy atom. The summed E-state index contributed by atoms with van der Waals surface area (Å²) in [5, 5.41) is 12.0. The molecule has 1 fully saturated rings. The average molecular weight is 321 g/mol. The van der Waals surface area contributed by atoms with Gasteiger partial charge in [0.15, 0.2) is 6.20 Å². The quantitative estimate of drug-likeness (QED) is 0.376. The second kappa shape index (κ2) is 5.78. The third-order valence-electron chi connectivity index (χ3n) is 5.34. The van der Waals surface area contributed by atoms with E-state index in [-0.39, 0.29) is 29.2 Å². The number of benzene rings is 1. The van der Waals surface area contributed by atoms with Gasteiger partial charge in [0.1, 0.15) is 5.75 Å². The summed E-state index contributed by atoms with van der Waals surface area (Å²) in [6, 6.07) is 12.9. The van der Waals surface area contributed by atoms with Crippen LogP contribution in [0.1, 0.15) is 28.4 Å². The SMILES string of the molecule is COc1ccc([C@H]2[C@H](C(=O)c3cccc[n+]3[O-])[C@H]3C=C[C@@H]2C3)cc1. The normalized spacial score (nSPS) is 27.4. The number of Topliss-reactive ketones (excluding diaryl/α,β-unsaturated/α-hetero) is 1. The lowest BCUT2D eigenvalue weighted by Crippen LogP contribution is -2.38. The van der Waals surface area contributed by atoms with Gasteiger partial charge in [0.2, 0.25) is 5.78 Å². The van der Waals surface area contributed by atoms with Gasteiger partial charge in [0, 0.05) is 24.0 Å². The molecule has 4 nitrogen and oxygen atoms in total. The maximum atomic E-state index is 13.1. The Labute approximate surface area is 141 Å². The Morgan fingerprint density at radius 2 is 1.88 bits per heavy atom. The maximum absolute atomic E-state index is 13.1. The molecule has 2 aromatic rings. The summed E-state index contributed by atoms with van der Waals surface area (Å²) in [5.74, 6) is 1.29. The van der Waals surface area contributed by atoms with Crippen molar-refractivity contribution in [1.29, 1.82) is 0 Å². The highest BCUT2D eigenvalue weighted by atomic mass is 16.5. The number of hydrogen-bond donors (Lipinski definition) is 0. The average Bonchev–Trinajstić information content (AvgIpc) is 3.23. The summed E-state index contributed by atoms with van der Waals surface area (Å²) < 4.78 is 5.91. The lowest BCUT2D eigenvalue weighted by Gasteiger charge is -2.27. The van der Waals surface area contributed by atoms with Crippen LogP contribution in [0.15, 0.2) is 60.8 Å². The fourth-order valence-electron chi connectivity index (χ4n) is 4.25. The molecule has 2 aliphatic rings. The lowest BCUT2D eigenvalue weighted by molar-refractivity contribution is -0.607. The highest BCUT2D eigenvalue weighted by Crippen LogP contribution is 2.53. The van der Waals surface area contributed by atoms with Gasteiger partial charge in [-0.15, -0.1) is 0 Å². The van der Waals surface area contributed by atoms with Crippen molar-refractivity contribution >= 4 is 5.78 Å². The van der Waals surface area contributed by atoms with Crippen LogP contribution in [0.4, 0.5) is 0 Å². The number of allylic oxidation sites excluding steroid dienone is 2. The first-order valence-corrected chi connectivity index (χ1v) is 8.23. The number of aromatic nitrogens is 1. The number of nitrogens with zero attached hydrogens (tertiary/aromatic N) is 1. The molecule has 4 rings (SSSR count). The molecule has 0 unspecified atom stereocenters. The van der Waals surface area contributed by atoms with Gasteiger partial charge in [-0.3, -0.25) is 4.79 Å². The van der Waals surface area contributed by atoms with Gasteiger partial charge in [0.25, 0.3) is 5.69 Å². The van der Waals surface area contributed by atoms with Gasteiger partial charge >= 0.3 is 0 Å². The second-order valence-corrected chi connectivity index (χ2v) is 6.55. The zero-order chi connectivity index (χ0) is 16.7. The zero-order valence-corrected chi connectivity index (χ0v) is 13.5. The molecule has 0 saturated heterocycles. The molecule has 2 aliphatic carbocycles. The van der Waals surface area contributed by atoms with E-state index in [1.54, 1.807) is 25.3 Å². The van der Waals surface area contributed by atoms with Crippen molar-refractivity contribution in [1.82, 2.24) is 0 Å². The number of hydrogen-bond acceptors (Lipinski definition) is 3. The van der Waals surface area contributed by atoms with Crippen LogP contribution in [0.3, 0.4) is 0 Å². The standard InChI is InChI=1S/C20H19NO3/c1-24-16-9-7-13(8-10-16)18-14-5-6-15(12-14)19(18)20(22)17-4-2-3-11-21(17)23/h2-11,14-15,18-19H,12H2,1H3/t14-,15+,18-,19-/m1/s1. The van der Waals surface area contributed by atoms with E-state index in [0.29, 0.717) is 10.6 Å². The van der Waals surface area contributed by atoms with E-state index in [2.05, 4.69) is 12.2 Å². The molecule has 0 amide bonds. The number of ether oxygens (including phenoxy) is 1. The first-order valence-electron chi connectivity index (χ1n) is 8.23. The van der Waals surface area contributed by atoms with Gasteiger partial charge in [0.05, 0.1) is 7.11 Å². The summed E-state index contributed by atoms with van der Waals surface area (Å²) in [6.07, 6.45) is 6.74. The van der Waals surface area contributed by atoms with Crippen molar-refractivity contribution in [3.63, 3.8) is 0 Å². The van der Waals surface area contributed by atoms with E-state index >= 15 is 0 Å². The molecule has 1 heterocycles. The van der Waals surface area contributed by atoms with Gasteiger partial charge in [-0.2, -0.15) is 4.73 Å². The minimum absolute atomic E-state index is 0.0525. The summed E-state index contributed by atoms with van der Waals surface area (Å²) in [7, 11) is 1.64. The third-order valence-corrected chi connectivity index (χ3v) is 5.34. The van der Waals surface area contributed by atoms with Crippen LogP contribution in [0, 0.1) is 23.0 Å². The van der Waals surface area contributed by atoms with Crippen LogP contribution in [0.25, 0.3) is 0 Å². The van der Waals surface area contributed by atoms with Crippen molar-refractivity contribution in [3.05, 3.63) is 77.3 Å². The monoisotopic (exact) mass is 321 g/mol. The Kier molecular flexibility index (Phi) is 3.60. The number of ketones is 1. The van der Waals surface area contributed by atoms with Crippen molar-refractivity contribution in [3.8, 4) is 5.75 Å². The van der Waals surface area contributed by atoms with Crippen molar-refractivity contribution in [2.45, 2.75) is 12.3 Å². The Morgan fingerprint density at radius 3 is 2.58 bits per heavy atom. The molecule has 24 heavy (non-hydrogen) atoms. The largest absolute Gasteiger partial charge is 0.618 e. The molecule has 0 aliphatic heterocycles. The van der Waals surface area contributed by atoms with Crippen LogP contribution < -0.4 is 9.47 Å². The van der Waals surface area contributed by atoms with Crippen molar-refractivity contribution < 1.29 is 14.3 Å². The summed E-state index contributed by atoms with van der Waals surface area (Å²) in [6.45, 7) is 0. The van der Waals surface area contributed by atoms with Crippen molar-refractivity contribution in [2.24, 2.45) is 17.8 Å². The number of rotatable bonds is 4. The first-order chi connectivity index (χ1) is 11.7. The van der Waals surface area contributed by atoms with Crippen molar-refractivity contribution in [2.75, 3.05) is 7.11 Å². The molecule has 1 aromatic heterocycles. The highest BCUT2D eigenvalue weighted by molar-refractivity contribution is 5.96. The summed E-state index contributed by atoms with van der Waals surface area (Å²) in [5.41, 5.74) is 1.38. The summed E-state index contributed by atoms with van der Waals surface area (Å²) >= 11 is 0. The maximum Gasteiger partial charge on any atom is 0.260 e. The topological polar surface area (TPSA) is 53.2 Å². The Balaban J connectivity index is 1.71. The van der Waals surface area contributed by atoms with Crippen LogP contribution in [-0.4, -0.2) is 12.9 Å². The Hall–Kier alpha value is -2.62. The van der Waals surface area contributed by atoms with Gasteiger partial charge < -0.3 is 9.94 Å². The number of carbonyl (C=O) groups excluding carboxylic acids is 1.